The Labute approximate surface area is 95.5 Å². The van der Waals surface area contributed by atoms with E-state index in [1.165, 1.54) is 12.1 Å². The number of ether oxygens (including phenoxy) is 1. The first-order valence-electron chi connectivity index (χ1n) is 4.44. The molecular weight excluding hydrogens is 265 g/mol. The summed E-state index contributed by atoms with van der Waals surface area (Å²) in [5, 5.41) is 0. The van der Waals surface area contributed by atoms with Gasteiger partial charge in [0.1, 0.15) is 5.82 Å². The Morgan fingerprint density at radius 2 is 2.27 bits per heavy atom. The van der Waals surface area contributed by atoms with Gasteiger partial charge >= 0.3 is 5.97 Å². The van der Waals surface area contributed by atoms with E-state index < -0.39 is 11.8 Å². The lowest BCUT2D eigenvalue weighted by atomic mass is 10.1. The molecule has 5 heteroatoms. The van der Waals surface area contributed by atoms with Gasteiger partial charge < -0.3 is 10.5 Å². The Morgan fingerprint density at radius 3 is 2.87 bits per heavy atom. The predicted molar refractivity (Wildman–Crippen MR) is 58.8 cm³/mol. The monoisotopic (exact) mass is 275 g/mol. The molecule has 1 aromatic rings. The number of nitrogens with two attached hydrogens (primary N) is 1. The van der Waals surface area contributed by atoms with Crippen molar-refractivity contribution in [2.45, 2.75) is 13.3 Å². The van der Waals surface area contributed by atoms with Crippen LogP contribution in [0.5, 0.6) is 0 Å². The number of esters is 1. The Kier molecular flexibility index (Phi) is 4.08. The lowest BCUT2D eigenvalue weighted by Crippen LogP contribution is -2.10. The molecule has 3 nitrogen and oxygen atoms in total. The van der Waals surface area contributed by atoms with Crippen LogP contribution in [-0.4, -0.2) is 12.6 Å². The normalized spacial score (nSPS) is 10.1. The van der Waals surface area contributed by atoms with Crippen molar-refractivity contribution < 1.29 is 13.9 Å². The number of rotatable bonds is 3. The second-order valence-corrected chi connectivity index (χ2v) is 3.70. The fourth-order valence-electron chi connectivity index (χ4n) is 1.13. The van der Waals surface area contributed by atoms with Gasteiger partial charge in [0.2, 0.25) is 0 Å². The molecule has 1 rings (SSSR count). The van der Waals surface area contributed by atoms with E-state index in [-0.39, 0.29) is 18.6 Å². The molecule has 0 bridgehead atoms. The molecule has 0 atom stereocenters. The van der Waals surface area contributed by atoms with Crippen molar-refractivity contribution in [1.82, 2.24) is 0 Å². The van der Waals surface area contributed by atoms with Crippen LogP contribution >= 0.6 is 15.9 Å². The number of hydrogen-bond acceptors (Lipinski definition) is 3. The molecule has 2 N–H and O–H groups in total. The second kappa shape index (κ2) is 5.11. The van der Waals surface area contributed by atoms with Crippen LogP contribution in [0.3, 0.4) is 0 Å². The SMILES string of the molecule is CCOC(=O)Cc1c(F)ccc(N)c1Br. The summed E-state index contributed by atoms with van der Waals surface area (Å²) in [5.74, 6) is -0.938. The zero-order valence-electron chi connectivity index (χ0n) is 8.22. The summed E-state index contributed by atoms with van der Waals surface area (Å²) in [6, 6.07) is 2.67. The predicted octanol–water partition coefficient (Wildman–Crippen LogP) is 2.28. The Bertz CT molecular complexity index is 382. The van der Waals surface area contributed by atoms with Gasteiger partial charge in [-0.3, -0.25) is 4.79 Å². The van der Waals surface area contributed by atoms with Crippen molar-refractivity contribution in [2.24, 2.45) is 0 Å². The Morgan fingerprint density at radius 1 is 1.60 bits per heavy atom. The summed E-state index contributed by atoms with van der Waals surface area (Å²) in [4.78, 5) is 11.2. The Hall–Kier alpha value is -1.10. The number of carbonyl (C=O) groups is 1. The molecule has 0 fully saturated rings. The molecule has 0 unspecified atom stereocenters. The summed E-state index contributed by atoms with van der Waals surface area (Å²) in [6.07, 6.45) is -0.120. The first-order valence-corrected chi connectivity index (χ1v) is 5.23. The molecule has 15 heavy (non-hydrogen) atoms. The molecule has 0 radical (unpaired) electrons. The minimum absolute atomic E-state index is 0.120. The number of carbonyl (C=O) groups excluding carboxylic acids is 1. The molecule has 0 aromatic heterocycles. The molecule has 82 valence electrons. The van der Waals surface area contributed by atoms with Gasteiger partial charge in [-0.1, -0.05) is 0 Å². The zero-order chi connectivity index (χ0) is 11.4. The number of benzene rings is 1. The van der Waals surface area contributed by atoms with Gasteiger partial charge in [0.25, 0.3) is 0 Å². The number of hydrogen-bond donors (Lipinski definition) is 1. The highest BCUT2D eigenvalue weighted by atomic mass is 79.9. The molecule has 0 amide bonds. The number of anilines is 1. The molecule has 0 saturated carbocycles. The molecule has 0 aliphatic carbocycles. The summed E-state index contributed by atoms with van der Waals surface area (Å²) in [5.41, 5.74) is 6.20. The van der Waals surface area contributed by atoms with Crippen LogP contribution in [0.4, 0.5) is 10.1 Å². The molecule has 0 heterocycles. The van der Waals surface area contributed by atoms with Crippen LogP contribution in [0.25, 0.3) is 0 Å². The third-order valence-corrected chi connectivity index (χ3v) is 2.78. The fraction of sp³-hybridized carbons (Fsp3) is 0.300. The van der Waals surface area contributed by atoms with E-state index in [2.05, 4.69) is 15.9 Å². The highest BCUT2D eigenvalue weighted by Gasteiger charge is 2.14. The van der Waals surface area contributed by atoms with E-state index in [0.717, 1.165) is 0 Å². The maximum Gasteiger partial charge on any atom is 0.310 e. The first kappa shape index (κ1) is 12.0. The lowest BCUT2D eigenvalue weighted by molar-refractivity contribution is -0.142. The average Bonchev–Trinajstić information content (AvgIpc) is 2.19. The average molecular weight is 276 g/mol. The van der Waals surface area contributed by atoms with Crippen molar-refractivity contribution in [2.75, 3.05) is 12.3 Å². The maximum absolute atomic E-state index is 13.3. The van der Waals surface area contributed by atoms with E-state index >= 15 is 0 Å². The maximum atomic E-state index is 13.3. The smallest absolute Gasteiger partial charge is 0.310 e. The lowest BCUT2D eigenvalue weighted by Gasteiger charge is -2.07. The van der Waals surface area contributed by atoms with Crippen molar-refractivity contribution in [3.63, 3.8) is 0 Å². The van der Waals surface area contributed by atoms with Crippen LogP contribution in [0.1, 0.15) is 12.5 Å². The van der Waals surface area contributed by atoms with Crippen LogP contribution in [0, 0.1) is 5.82 Å². The summed E-state index contributed by atoms with van der Waals surface area (Å²) in [6.45, 7) is 1.98. The van der Waals surface area contributed by atoms with Crippen molar-refractivity contribution in [1.29, 1.82) is 0 Å². The van der Waals surface area contributed by atoms with Crippen molar-refractivity contribution >= 4 is 27.6 Å². The molecule has 0 aliphatic rings. The summed E-state index contributed by atoms with van der Waals surface area (Å²) in [7, 11) is 0. The minimum atomic E-state index is -0.470. The summed E-state index contributed by atoms with van der Waals surface area (Å²) >= 11 is 3.14. The second-order valence-electron chi connectivity index (χ2n) is 2.91. The van der Waals surface area contributed by atoms with Gasteiger partial charge in [-0.25, -0.2) is 4.39 Å². The standard InChI is InChI=1S/C10H11BrFNO2/c1-2-15-9(14)5-6-7(12)3-4-8(13)10(6)11/h3-4H,2,5,13H2,1H3. The van der Waals surface area contributed by atoms with Crippen LogP contribution in [0.2, 0.25) is 0 Å². The van der Waals surface area contributed by atoms with E-state index in [1.807, 2.05) is 0 Å². The molecular formula is C10H11BrFNO2. The van der Waals surface area contributed by atoms with Gasteiger partial charge in [-0.15, -0.1) is 0 Å². The van der Waals surface area contributed by atoms with Crippen LogP contribution in [0.15, 0.2) is 16.6 Å². The Balaban J connectivity index is 2.93. The largest absolute Gasteiger partial charge is 0.466 e. The summed E-state index contributed by atoms with van der Waals surface area (Å²) < 4.78 is 18.5. The highest BCUT2D eigenvalue weighted by Crippen LogP contribution is 2.26. The van der Waals surface area contributed by atoms with E-state index in [1.54, 1.807) is 6.92 Å². The fourth-order valence-corrected chi connectivity index (χ4v) is 1.60. The topological polar surface area (TPSA) is 52.3 Å². The van der Waals surface area contributed by atoms with Gasteiger partial charge in [0.05, 0.1) is 13.0 Å². The number of nitrogen functional groups attached to an aromatic ring is 1. The van der Waals surface area contributed by atoms with E-state index in [4.69, 9.17) is 10.5 Å². The molecule has 1 aromatic carbocycles. The van der Waals surface area contributed by atoms with Crippen molar-refractivity contribution in [3.8, 4) is 0 Å². The quantitative estimate of drug-likeness (QED) is 0.680. The zero-order valence-corrected chi connectivity index (χ0v) is 9.80. The third-order valence-electron chi connectivity index (χ3n) is 1.84. The molecule has 0 spiro atoms. The van der Waals surface area contributed by atoms with Gasteiger partial charge in [-0.05, 0) is 35.0 Å². The van der Waals surface area contributed by atoms with Crippen LogP contribution in [-0.2, 0) is 16.0 Å². The first-order chi connectivity index (χ1) is 7.06. The van der Waals surface area contributed by atoms with Gasteiger partial charge in [-0.2, -0.15) is 0 Å². The van der Waals surface area contributed by atoms with Gasteiger partial charge in [0, 0.05) is 15.7 Å². The van der Waals surface area contributed by atoms with E-state index in [9.17, 15) is 9.18 Å². The van der Waals surface area contributed by atoms with Crippen LogP contribution < -0.4 is 5.73 Å². The third kappa shape index (κ3) is 2.92. The minimum Gasteiger partial charge on any atom is -0.466 e. The highest BCUT2D eigenvalue weighted by molar-refractivity contribution is 9.10. The van der Waals surface area contributed by atoms with Gasteiger partial charge in [0.15, 0.2) is 0 Å². The molecule has 0 saturated heterocycles. The van der Waals surface area contributed by atoms with Crippen molar-refractivity contribution in [3.05, 3.63) is 28.0 Å². The van der Waals surface area contributed by atoms with E-state index in [0.29, 0.717) is 10.2 Å². The molecule has 0 aliphatic heterocycles. The number of halogens is 2.